The molecule has 0 spiro atoms. The molecule has 0 bridgehead atoms. The molecule has 92 valence electrons. The Morgan fingerprint density at radius 3 is 2.69 bits per heavy atom. The Kier molecular flexibility index (Phi) is 5.06. The lowest BCUT2D eigenvalue weighted by Crippen LogP contribution is -2.41. The largest absolute Gasteiger partial charge is 0.324 e. The van der Waals surface area contributed by atoms with Gasteiger partial charge in [-0.05, 0) is 18.3 Å². The summed E-state index contributed by atoms with van der Waals surface area (Å²) >= 11 is 5.42. The average Bonchev–Trinajstić information content (AvgIpc) is 2.66. The van der Waals surface area contributed by atoms with Gasteiger partial charge in [-0.25, -0.2) is 4.79 Å². The lowest BCUT2D eigenvalue weighted by Gasteiger charge is -2.18. The van der Waals surface area contributed by atoms with E-state index in [0.717, 1.165) is 19.5 Å². The van der Waals surface area contributed by atoms with Crippen LogP contribution in [0.2, 0.25) is 0 Å². The molecule has 1 rings (SSSR count). The van der Waals surface area contributed by atoms with Gasteiger partial charge in [-0.1, -0.05) is 13.8 Å². The van der Waals surface area contributed by atoms with E-state index < -0.39 is 0 Å². The summed E-state index contributed by atoms with van der Waals surface area (Å²) in [7, 11) is 0. The van der Waals surface area contributed by atoms with Crippen molar-refractivity contribution in [2.24, 2.45) is 11.8 Å². The highest BCUT2D eigenvalue weighted by Gasteiger charge is 2.28. The number of likely N-dealkylation sites (tertiary alicyclic amines) is 1. The molecule has 0 radical (unpaired) electrons. The van der Waals surface area contributed by atoms with E-state index in [-0.39, 0.29) is 24.2 Å². The van der Waals surface area contributed by atoms with Gasteiger partial charge in [-0.2, -0.15) is 0 Å². The van der Waals surface area contributed by atoms with Gasteiger partial charge in [0.25, 0.3) is 0 Å². The maximum Gasteiger partial charge on any atom is 0.324 e. The number of urea groups is 1. The Labute approximate surface area is 101 Å². The van der Waals surface area contributed by atoms with E-state index in [1.54, 1.807) is 4.90 Å². The molecule has 4 nitrogen and oxygen atoms in total. The normalized spacial score (nSPS) is 20.2. The van der Waals surface area contributed by atoms with Crippen molar-refractivity contribution in [2.75, 3.05) is 19.0 Å². The third kappa shape index (κ3) is 3.67. The Morgan fingerprint density at radius 1 is 1.50 bits per heavy atom. The van der Waals surface area contributed by atoms with Gasteiger partial charge in [0.05, 0.1) is 0 Å². The molecule has 1 saturated heterocycles. The van der Waals surface area contributed by atoms with E-state index in [2.05, 4.69) is 19.2 Å². The topological polar surface area (TPSA) is 49.4 Å². The Morgan fingerprint density at radius 2 is 2.19 bits per heavy atom. The van der Waals surface area contributed by atoms with Crippen LogP contribution in [0.3, 0.4) is 0 Å². The molecule has 1 unspecified atom stereocenters. The molecule has 0 aromatic carbocycles. The second-order valence-corrected chi connectivity index (χ2v) is 4.91. The fourth-order valence-electron chi connectivity index (χ4n) is 1.86. The van der Waals surface area contributed by atoms with Crippen molar-refractivity contribution in [3.63, 3.8) is 0 Å². The maximum atomic E-state index is 11.6. The second kappa shape index (κ2) is 6.09. The lowest BCUT2D eigenvalue weighted by molar-refractivity contribution is -0.119. The number of hydrogen-bond acceptors (Lipinski definition) is 2. The number of nitrogens with one attached hydrogen (secondary N) is 1. The minimum Gasteiger partial charge on any atom is -0.324 e. The first kappa shape index (κ1) is 13.3. The van der Waals surface area contributed by atoms with Crippen LogP contribution in [0.4, 0.5) is 4.79 Å². The van der Waals surface area contributed by atoms with Gasteiger partial charge in [0.15, 0.2) is 0 Å². The second-order valence-electron chi connectivity index (χ2n) is 4.53. The van der Waals surface area contributed by atoms with Gasteiger partial charge < -0.3 is 4.90 Å². The molecule has 1 N–H and O–H groups in total. The fourth-order valence-corrected chi connectivity index (χ4v) is 2.03. The predicted octanol–water partition coefficient (Wildman–Crippen LogP) is 1.83. The molecule has 0 aliphatic carbocycles. The standard InChI is InChI=1S/C11H19ClN2O2/c1-8(2)9-4-6-14(7-9)11(16)13-10(15)3-5-12/h8-9H,3-7H2,1-2H3,(H,13,15,16). The number of nitrogens with zero attached hydrogens (tertiary/aromatic N) is 1. The van der Waals surface area contributed by atoms with Crippen molar-refractivity contribution in [3.8, 4) is 0 Å². The monoisotopic (exact) mass is 246 g/mol. The Hall–Kier alpha value is -0.770. The van der Waals surface area contributed by atoms with Crippen molar-refractivity contribution in [1.82, 2.24) is 10.2 Å². The number of imide groups is 1. The zero-order chi connectivity index (χ0) is 12.1. The van der Waals surface area contributed by atoms with E-state index in [1.165, 1.54) is 0 Å². The number of hydrogen-bond donors (Lipinski definition) is 1. The number of rotatable bonds is 3. The van der Waals surface area contributed by atoms with E-state index in [4.69, 9.17) is 11.6 Å². The summed E-state index contributed by atoms with van der Waals surface area (Å²) < 4.78 is 0. The zero-order valence-corrected chi connectivity index (χ0v) is 10.6. The molecule has 16 heavy (non-hydrogen) atoms. The maximum absolute atomic E-state index is 11.6. The molecular formula is C11H19ClN2O2. The number of carbonyl (C=O) groups excluding carboxylic acids is 2. The van der Waals surface area contributed by atoms with E-state index in [0.29, 0.717) is 11.8 Å². The third-order valence-electron chi connectivity index (χ3n) is 3.02. The number of carbonyl (C=O) groups is 2. The van der Waals surface area contributed by atoms with Gasteiger partial charge in [0.2, 0.25) is 5.91 Å². The van der Waals surface area contributed by atoms with Crippen molar-refractivity contribution in [1.29, 1.82) is 0 Å². The van der Waals surface area contributed by atoms with Gasteiger partial charge >= 0.3 is 6.03 Å². The summed E-state index contributed by atoms with van der Waals surface area (Å²) in [6, 6.07) is -0.279. The van der Waals surface area contributed by atoms with Crippen LogP contribution in [0.15, 0.2) is 0 Å². The smallest absolute Gasteiger partial charge is 0.324 e. The summed E-state index contributed by atoms with van der Waals surface area (Å²) in [6.45, 7) is 5.80. The summed E-state index contributed by atoms with van der Waals surface area (Å²) in [5, 5.41) is 2.35. The van der Waals surface area contributed by atoms with Crippen molar-refractivity contribution >= 4 is 23.5 Å². The fraction of sp³-hybridized carbons (Fsp3) is 0.818. The minimum atomic E-state index is -0.298. The zero-order valence-electron chi connectivity index (χ0n) is 9.83. The van der Waals surface area contributed by atoms with Crippen LogP contribution in [-0.2, 0) is 4.79 Å². The summed E-state index contributed by atoms with van der Waals surface area (Å²) in [6.07, 6.45) is 1.21. The Bertz CT molecular complexity index is 269. The van der Waals surface area contributed by atoms with E-state index in [1.807, 2.05) is 0 Å². The molecule has 1 aliphatic heterocycles. The molecule has 1 heterocycles. The summed E-state index contributed by atoms with van der Waals surface area (Å²) in [5.41, 5.74) is 0. The SMILES string of the molecule is CC(C)C1CCN(C(=O)NC(=O)CCCl)C1. The quantitative estimate of drug-likeness (QED) is 0.773. The molecule has 0 aromatic rings. The molecular weight excluding hydrogens is 228 g/mol. The predicted molar refractivity (Wildman–Crippen MR) is 63.4 cm³/mol. The molecule has 0 saturated carbocycles. The van der Waals surface area contributed by atoms with Gasteiger partial charge in [-0.15, -0.1) is 11.6 Å². The highest BCUT2D eigenvalue weighted by molar-refractivity contribution is 6.19. The van der Waals surface area contributed by atoms with Gasteiger partial charge in [0, 0.05) is 25.4 Å². The van der Waals surface area contributed by atoms with Gasteiger partial charge in [0.1, 0.15) is 0 Å². The third-order valence-corrected chi connectivity index (χ3v) is 3.21. The molecule has 1 aliphatic rings. The van der Waals surface area contributed by atoms with E-state index >= 15 is 0 Å². The summed E-state index contributed by atoms with van der Waals surface area (Å²) in [4.78, 5) is 24.5. The summed E-state index contributed by atoms with van der Waals surface area (Å²) in [5.74, 6) is 1.08. The van der Waals surface area contributed by atoms with Crippen molar-refractivity contribution in [2.45, 2.75) is 26.7 Å². The van der Waals surface area contributed by atoms with E-state index in [9.17, 15) is 9.59 Å². The van der Waals surface area contributed by atoms with Crippen molar-refractivity contribution in [3.05, 3.63) is 0 Å². The molecule has 0 aromatic heterocycles. The van der Waals surface area contributed by atoms with Crippen LogP contribution in [0.1, 0.15) is 26.7 Å². The van der Waals surface area contributed by atoms with Crippen LogP contribution in [0, 0.1) is 11.8 Å². The number of amides is 3. The highest BCUT2D eigenvalue weighted by Crippen LogP contribution is 2.23. The van der Waals surface area contributed by atoms with Crippen LogP contribution in [0.25, 0.3) is 0 Å². The van der Waals surface area contributed by atoms with Crippen LogP contribution >= 0.6 is 11.6 Å². The lowest BCUT2D eigenvalue weighted by atomic mass is 9.95. The van der Waals surface area contributed by atoms with Crippen LogP contribution < -0.4 is 5.32 Å². The van der Waals surface area contributed by atoms with Gasteiger partial charge in [-0.3, -0.25) is 10.1 Å². The number of halogens is 1. The first-order chi connectivity index (χ1) is 7.54. The molecule has 1 fully saturated rings. The molecule has 5 heteroatoms. The first-order valence-corrected chi connectivity index (χ1v) is 6.22. The molecule has 3 amide bonds. The van der Waals surface area contributed by atoms with Crippen LogP contribution in [-0.4, -0.2) is 35.8 Å². The highest BCUT2D eigenvalue weighted by atomic mass is 35.5. The molecule has 1 atom stereocenters. The van der Waals surface area contributed by atoms with Crippen LogP contribution in [0.5, 0.6) is 0 Å². The minimum absolute atomic E-state index is 0.189. The first-order valence-electron chi connectivity index (χ1n) is 5.69. The Balaban J connectivity index is 2.36. The van der Waals surface area contributed by atoms with Crippen molar-refractivity contribution < 1.29 is 9.59 Å². The number of alkyl halides is 1. The average molecular weight is 247 g/mol.